The number of nitrogens with two attached hydrogens (primary N) is 1. The van der Waals surface area contributed by atoms with Crippen LogP contribution in [-0.4, -0.2) is 12.6 Å². The molecule has 1 atom stereocenters. The molecule has 20 heavy (non-hydrogen) atoms. The Morgan fingerprint density at radius 3 is 2.50 bits per heavy atom. The van der Waals surface area contributed by atoms with Gasteiger partial charge in [-0.2, -0.15) is 0 Å². The lowest BCUT2D eigenvalue weighted by Gasteiger charge is -2.22. The second kappa shape index (κ2) is 7.71. The Hall–Kier alpha value is -1.80. The first-order valence-corrected chi connectivity index (χ1v) is 7.28. The van der Waals surface area contributed by atoms with Crippen molar-refractivity contribution >= 4 is 0 Å². The molecule has 2 aromatic rings. The Balaban J connectivity index is 0.000000151. The lowest BCUT2D eigenvalue weighted by Crippen LogP contribution is -2.18. The number of ether oxygens (including phenoxy) is 1. The number of para-hydroxylation sites is 1. The quantitative estimate of drug-likeness (QED) is 0.904. The van der Waals surface area contributed by atoms with Crippen LogP contribution in [0.15, 0.2) is 54.6 Å². The minimum atomic E-state index is 0.393. The van der Waals surface area contributed by atoms with Crippen LogP contribution in [0.25, 0.3) is 0 Å². The largest absolute Gasteiger partial charge is 0.490 e. The molecule has 1 heterocycles. The summed E-state index contributed by atoms with van der Waals surface area (Å²) in [6.07, 6.45) is 3.69. The molecule has 106 valence electrons. The van der Waals surface area contributed by atoms with E-state index in [1.54, 1.807) is 0 Å². The molecular formula is C18H23NO. The summed E-state index contributed by atoms with van der Waals surface area (Å²) in [4.78, 5) is 0. The van der Waals surface area contributed by atoms with Crippen molar-refractivity contribution in [1.29, 1.82) is 0 Å². The van der Waals surface area contributed by atoms with Crippen LogP contribution in [0.1, 0.15) is 24.5 Å². The van der Waals surface area contributed by atoms with E-state index >= 15 is 0 Å². The average molecular weight is 269 g/mol. The van der Waals surface area contributed by atoms with Crippen molar-refractivity contribution in [1.82, 2.24) is 0 Å². The number of hydrogen-bond acceptors (Lipinski definition) is 2. The standard InChI is InChI=1S/C10H12O.C8H11N/c1-8-6-7-9-4-2-3-5-10(9)11-8;9-7-6-8-4-2-1-3-5-8/h2-5,8H,6-7H2,1H3;1-5H,6-7,9H2. The predicted octanol–water partition coefficient (Wildman–Crippen LogP) is 3.59. The van der Waals surface area contributed by atoms with Gasteiger partial charge in [0.15, 0.2) is 0 Å². The van der Waals surface area contributed by atoms with Crippen molar-refractivity contribution in [2.45, 2.75) is 32.3 Å². The molecule has 2 nitrogen and oxygen atoms in total. The maximum Gasteiger partial charge on any atom is 0.122 e. The van der Waals surface area contributed by atoms with E-state index in [-0.39, 0.29) is 0 Å². The van der Waals surface area contributed by atoms with Crippen molar-refractivity contribution in [2.75, 3.05) is 6.54 Å². The van der Waals surface area contributed by atoms with Gasteiger partial charge in [0.05, 0.1) is 6.10 Å². The van der Waals surface area contributed by atoms with Gasteiger partial charge in [-0.15, -0.1) is 0 Å². The molecule has 0 saturated heterocycles. The van der Waals surface area contributed by atoms with Gasteiger partial charge in [0.1, 0.15) is 5.75 Å². The maximum absolute atomic E-state index is 5.63. The first-order chi connectivity index (χ1) is 9.79. The summed E-state index contributed by atoms with van der Waals surface area (Å²) in [6, 6.07) is 18.5. The zero-order valence-corrected chi connectivity index (χ0v) is 12.1. The highest BCUT2D eigenvalue weighted by Crippen LogP contribution is 2.26. The summed E-state index contributed by atoms with van der Waals surface area (Å²) in [5.74, 6) is 1.08. The van der Waals surface area contributed by atoms with Gasteiger partial charge in [-0.05, 0) is 49.9 Å². The molecule has 0 aromatic heterocycles. The SMILES string of the molecule is CC1CCc2ccccc2O1.NCCc1ccccc1. The average Bonchev–Trinajstić information content (AvgIpc) is 2.49. The number of hydrogen-bond donors (Lipinski definition) is 1. The molecule has 0 spiro atoms. The van der Waals surface area contributed by atoms with Crippen LogP contribution in [0, 0.1) is 0 Å². The summed E-state index contributed by atoms with van der Waals surface area (Å²) in [5, 5.41) is 0. The Morgan fingerprint density at radius 1 is 1.05 bits per heavy atom. The first kappa shape index (κ1) is 14.6. The van der Waals surface area contributed by atoms with Gasteiger partial charge in [-0.3, -0.25) is 0 Å². The van der Waals surface area contributed by atoms with E-state index in [0.717, 1.165) is 31.6 Å². The third-order valence-electron chi connectivity index (χ3n) is 3.40. The van der Waals surface area contributed by atoms with E-state index in [1.165, 1.54) is 11.1 Å². The highest BCUT2D eigenvalue weighted by molar-refractivity contribution is 5.34. The fourth-order valence-corrected chi connectivity index (χ4v) is 2.27. The van der Waals surface area contributed by atoms with E-state index in [9.17, 15) is 0 Å². The molecule has 0 fully saturated rings. The van der Waals surface area contributed by atoms with Crippen molar-refractivity contribution in [3.05, 3.63) is 65.7 Å². The van der Waals surface area contributed by atoms with Crippen molar-refractivity contribution in [2.24, 2.45) is 5.73 Å². The summed E-state index contributed by atoms with van der Waals surface area (Å²) >= 11 is 0. The fraction of sp³-hybridized carbons (Fsp3) is 0.333. The smallest absolute Gasteiger partial charge is 0.122 e. The van der Waals surface area contributed by atoms with Gasteiger partial charge >= 0.3 is 0 Å². The molecule has 2 aromatic carbocycles. The highest BCUT2D eigenvalue weighted by Gasteiger charge is 2.14. The van der Waals surface area contributed by atoms with E-state index in [4.69, 9.17) is 10.5 Å². The first-order valence-electron chi connectivity index (χ1n) is 7.28. The molecule has 0 radical (unpaired) electrons. The van der Waals surface area contributed by atoms with Crippen LogP contribution in [0.4, 0.5) is 0 Å². The lowest BCUT2D eigenvalue weighted by molar-refractivity contribution is 0.192. The summed E-state index contributed by atoms with van der Waals surface area (Å²) < 4.78 is 5.63. The summed E-state index contributed by atoms with van der Waals surface area (Å²) in [7, 11) is 0. The normalized spacial score (nSPS) is 16.4. The van der Waals surface area contributed by atoms with Gasteiger partial charge in [0.25, 0.3) is 0 Å². The zero-order chi connectivity index (χ0) is 14.2. The lowest BCUT2D eigenvalue weighted by atomic mass is 10.0. The number of benzene rings is 2. The third kappa shape index (κ3) is 4.39. The molecule has 2 heteroatoms. The minimum Gasteiger partial charge on any atom is -0.490 e. The van der Waals surface area contributed by atoms with Crippen molar-refractivity contribution in [3.8, 4) is 5.75 Å². The molecule has 0 bridgehead atoms. The Morgan fingerprint density at radius 2 is 1.75 bits per heavy atom. The minimum absolute atomic E-state index is 0.393. The van der Waals surface area contributed by atoms with Gasteiger partial charge in [-0.1, -0.05) is 48.5 Å². The van der Waals surface area contributed by atoms with Crippen LogP contribution in [-0.2, 0) is 12.8 Å². The second-order valence-electron chi connectivity index (χ2n) is 5.10. The molecule has 1 unspecified atom stereocenters. The van der Waals surface area contributed by atoms with Gasteiger partial charge in [-0.25, -0.2) is 0 Å². The summed E-state index contributed by atoms with van der Waals surface area (Å²) in [6.45, 7) is 2.86. The third-order valence-corrected chi connectivity index (χ3v) is 3.40. The molecule has 0 amide bonds. The monoisotopic (exact) mass is 269 g/mol. The van der Waals surface area contributed by atoms with Gasteiger partial charge in [0.2, 0.25) is 0 Å². The van der Waals surface area contributed by atoms with E-state index in [2.05, 4.69) is 31.2 Å². The zero-order valence-electron chi connectivity index (χ0n) is 12.1. The molecule has 0 saturated carbocycles. The van der Waals surface area contributed by atoms with Gasteiger partial charge < -0.3 is 10.5 Å². The molecular weight excluding hydrogens is 246 g/mol. The molecule has 1 aliphatic rings. The predicted molar refractivity (Wildman–Crippen MR) is 84.1 cm³/mol. The molecule has 0 aliphatic carbocycles. The second-order valence-corrected chi connectivity index (χ2v) is 5.10. The molecule has 3 rings (SSSR count). The van der Waals surface area contributed by atoms with E-state index in [0.29, 0.717) is 6.10 Å². The van der Waals surface area contributed by atoms with E-state index < -0.39 is 0 Å². The number of aryl methyl sites for hydroxylation is 1. The summed E-state index contributed by atoms with van der Waals surface area (Å²) in [5.41, 5.74) is 8.03. The van der Waals surface area contributed by atoms with Crippen LogP contribution in [0.3, 0.4) is 0 Å². The van der Waals surface area contributed by atoms with Crippen LogP contribution in [0.2, 0.25) is 0 Å². The van der Waals surface area contributed by atoms with Crippen LogP contribution >= 0.6 is 0 Å². The van der Waals surface area contributed by atoms with Crippen LogP contribution in [0.5, 0.6) is 5.75 Å². The van der Waals surface area contributed by atoms with Crippen molar-refractivity contribution in [3.63, 3.8) is 0 Å². The van der Waals surface area contributed by atoms with E-state index in [1.807, 2.05) is 30.3 Å². The Bertz CT molecular complexity index is 510. The number of fused-ring (bicyclic) bond motifs is 1. The fourth-order valence-electron chi connectivity index (χ4n) is 2.27. The van der Waals surface area contributed by atoms with Crippen molar-refractivity contribution < 1.29 is 4.74 Å². The molecule has 2 N–H and O–H groups in total. The Labute approximate surface area is 121 Å². The topological polar surface area (TPSA) is 35.2 Å². The highest BCUT2D eigenvalue weighted by atomic mass is 16.5. The van der Waals surface area contributed by atoms with Crippen LogP contribution < -0.4 is 10.5 Å². The van der Waals surface area contributed by atoms with Gasteiger partial charge in [0, 0.05) is 0 Å². The number of rotatable bonds is 2. The molecule has 1 aliphatic heterocycles. The maximum atomic E-state index is 5.63. The Kier molecular flexibility index (Phi) is 5.63.